The van der Waals surface area contributed by atoms with Crippen LogP contribution in [0.5, 0.6) is 0 Å². The number of rotatable bonds is 4. The van der Waals surface area contributed by atoms with Crippen molar-refractivity contribution in [1.82, 2.24) is 0 Å². The summed E-state index contributed by atoms with van der Waals surface area (Å²) >= 11 is 0. The number of nitrogens with one attached hydrogen (secondary N) is 2. The molecule has 0 aliphatic rings. The number of hydrogen-bond donors (Lipinski definition) is 2. The molecular weight excluding hydrogens is 386 g/mol. The molecule has 148 valence electrons. The Hall–Kier alpha value is -4.06. The van der Waals surface area contributed by atoms with Gasteiger partial charge in [0.1, 0.15) is 11.6 Å². The summed E-state index contributed by atoms with van der Waals surface area (Å²) in [7, 11) is 0. The molecule has 2 N–H and O–H groups in total. The highest BCUT2D eigenvalue weighted by molar-refractivity contribution is 6.11. The van der Waals surface area contributed by atoms with Crippen molar-refractivity contribution in [3.05, 3.63) is 108 Å². The molecule has 6 heteroatoms. The third-order valence-corrected chi connectivity index (χ3v) is 4.63. The van der Waals surface area contributed by atoms with Crippen LogP contribution in [0.25, 0.3) is 10.8 Å². The Morgan fingerprint density at radius 1 is 0.633 bits per heavy atom. The van der Waals surface area contributed by atoms with Gasteiger partial charge in [-0.15, -0.1) is 0 Å². The fourth-order valence-corrected chi connectivity index (χ4v) is 3.14. The van der Waals surface area contributed by atoms with Gasteiger partial charge in [0, 0.05) is 16.8 Å². The van der Waals surface area contributed by atoms with Crippen LogP contribution in [0.1, 0.15) is 20.7 Å². The molecule has 0 aliphatic carbocycles. The van der Waals surface area contributed by atoms with Gasteiger partial charge in [-0.2, -0.15) is 0 Å². The molecule has 30 heavy (non-hydrogen) atoms. The van der Waals surface area contributed by atoms with Crippen molar-refractivity contribution in [1.29, 1.82) is 0 Å². The minimum atomic E-state index is -0.935. The van der Waals surface area contributed by atoms with E-state index in [2.05, 4.69) is 10.6 Å². The van der Waals surface area contributed by atoms with Crippen LogP contribution in [-0.2, 0) is 0 Å². The lowest BCUT2D eigenvalue weighted by Gasteiger charge is -2.11. The van der Waals surface area contributed by atoms with Crippen molar-refractivity contribution >= 4 is 34.0 Å². The number of carbonyl (C=O) groups excluding carboxylic acids is 2. The molecule has 4 aromatic carbocycles. The van der Waals surface area contributed by atoms with E-state index in [1.807, 2.05) is 30.3 Å². The Morgan fingerprint density at radius 2 is 1.23 bits per heavy atom. The maximum atomic E-state index is 15.0. The summed E-state index contributed by atoms with van der Waals surface area (Å²) < 4.78 is 28.0. The molecular formula is C24H16F2N2O2. The number of fused-ring (bicyclic) bond motifs is 1. The van der Waals surface area contributed by atoms with Gasteiger partial charge in [-0.05, 0) is 47.9 Å². The van der Waals surface area contributed by atoms with E-state index >= 15 is 0 Å². The van der Waals surface area contributed by atoms with E-state index in [0.717, 1.165) is 10.8 Å². The number of benzene rings is 4. The van der Waals surface area contributed by atoms with E-state index in [4.69, 9.17) is 0 Å². The van der Waals surface area contributed by atoms with E-state index in [9.17, 15) is 18.4 Å². The lowest BCUT2D eigenvalue weighted by atomic mass is 10.1. The Kier molecular flexibility index (Phi) is 5.22. The van der Waals surface area contributed by atoms with Gasteiger partial charge >= 0.3 is 0 Å². The van der Waals surface area contributed by atoms with Crippen LogP contribution in [0.2, 0.25) is 0 Å². The molecule has 0 saturated heterocycles. The minimum Gasteiger partial charge on any atom is -0.322 e. The standard InChI is InChI=1S/C24H16F2N2O2/c25-16-11-13-17(14-12-16)27-23(29)19-8-4-9-20(22(19)26)24(30)28-21-10-3-6-15-5-1-2-7-18(15)21/h1-14H,(H,27,29)(H,28,30). The molecule has 0 fully saturated rings. The number of hydrogen-bond acceptors (Lipinski definition) is 2. The Balaban J connectivity index is 1.59. The topological polar surface area (TPSA) is 58.2 Å². The Bertz CT molecular complexity index is 1250. The van der Waals surface area contributed by atoms with E-state index in [1.165, 1.54) is 42.5 Å². The van der Waals surface area contributed by atoms with Crippen LogP contribution in [0.3, 0.4) is 0 Å². The zero-order valence-electron chi connectivity index (χ0n) is 15.7. The molecule has 0 radical (unpaired) electrons. The second-order valence-corrected chi connectivity index (χ2v) is 6.61. The molecule has 0 heterocycles. The molecule has 0 spiro atoms. The van der Waals surface area contributed by atoms with Gasteiger partial charge in [-0.25, -0.2) is 8.78 Å². The normalized spacial score (nSPS) is 10.6. The Morgan fingerprint density at radius 3 is 1.97 bits per heavy atom. The van der Waals surface area contributed by atoms with Crippen molar-refractivity contribution in [3.8, 4) is 0 Å². The lowest BCUT2D eigenvalue weighted by molar-refractivity contribution is 0.102. The first-order valence-corrected chi connectivity index (χ1v) is 9.17. The third kappa shape index (κ3) is 3.89. The van der Waals surface area contributed by atoms with Crippen molar-refractivity contribution in [3.63, 3.8) is 0 Å². The maximum absolute atomic E-state index is 15.0. The SMILES string of the molecule is O=C(Nc1ccc(F)cc1)c1cccc(C(=O)Nc2cccc3ccccc23)c1F. The molecule has 0 bridgehead atoms. The van der Waals surface area contributed by atoms with Gasteiger partial charge in [-0.3, -0.25) is 9.59 Å². The molecule has 0 aromatic heterocycles. The van der Waals surface area contributed by atoms with E-state index in [1.54, 1.807) is 12.1 Å². The summed E-state index contributed by atoms with van der Waals surface area (Å²) in [6.07, 6.45) is 0. The highest BCUT2D eigenvalue weighted by atomic mass is 19.1. The number of amides is 2. The first-order chi connectivity index (χ1) is 14.5. The molecule has 4 aromatic rings. The molecule has 0 aliphatic heterocycles. The average molecular weight is 402 g/mol. The fourth-order valence-electron chi connectivity index (χ4n) is 3.14. The monoisotopic (exact) mass is 402 g/mol. The first-order valence-electron chi connectivity index (χ1n) is 9.17. The van der Waals surface area contributed by atoms with Crippen molar-refractivity contribution in [2.45, 2.75) is 0 Å². The van der Waals surface area contributed by atoms with Gasteiger partial charge in [0.2, 0.25) is 0 Å². The zero-order chi connectivity index (χ0) is 21.1. The lowest BCUT2D eigenvalue weighted by Crippen LogP contribution is -2.19. The summed E-state index contributed by atoms with van der Waals surface area (Å²) in [5.74, 6) is -2.79. The first kappa shape index (κ1) is 19.3. The van der Waals surface area contributed by atoms with Gasteiger partial charge in [0.05, 0.1) is 11.1 Å². The Labute approximate surface area is 171 Å². The smallest absolute Gasteiger partial charge is 0.258 e. The zero-order valence-corrected chi connectivity index (χ0v) is 15.7. The molecule has 0 atom stereocenters. The third-order valence-electron chi connectivity index (χ3n) is 4.63. The molecule has 4 rings (SSSR count). The average Bonchev–Trinajstić information content (AvgIpc) is 2.75. The van der Waals surface area contributed by atoms with Crippen molar-refractivity contribution in [2.24, 2.45) is 0 Å². The van der Waals surface area contributed by atoms with Crippen LogP contribution < -0.4 is 10.6 Å². The second kappa shape index (κ2) is 8.13. The number of carbonyl (C=O) groups is 2. The van der Waals surface area contributed by atoms with Gasteiger partial charge in [-0.1, -0.05) is 42.5 Å². The van der Waals surface area contributed by atoms with Crippen LogP contribution in [0.4, 0.5) is 20.2 Å². The highest BCUT2D eigenvalue weighted by Crippen LogP contribution is 2.24. The second-order valence-electron chi connectivity index (χ2n) is 6.61. The van der Waals surface area contributed by atoms with Gasteiger partial charge in [0.15, 0.2) is 0 Å². The number of anilines is 2. The predicted octanol–water partition coefficient (Wildman–Crippen LogP) is 5.62. The van der Waals surface area contributed by atoms with Gasteiger partial charge < -0.3 is 10.6 Å². The van der Waals surface area contributed by atoms with Crippen LogP contribution >= 0.6 is 0 Å². The van der Waals surface area contributed by atoms with E-state index < -0.39 is 23.4 Å². The summed E-state index contributed by atoms with van der Waals surface area (Å²) in [6, 6.07) is 22.0. The van der Waals surface area contributed by atoms with E-state index in [0.29, 0.717) is 11.4 Å². The molecule has 4 nitrogen and oxygen atoms in total. The quantitative estimate of drug-likeness (QED) is 0.465. The minimum absolute atomic E-state index is 0.255. The van der Waals surface area contributed by atoms with Crippen LogP contribution in [-0.4, -0.2) is 11.8 Å². The number of halogens is 2. The van der Waals surface area contributed by atoms with E-state index in [-0.39, 0.29) is 11.1 Å². The maximum Gasteiger partial charge on any atom is 0.258 e. The van der Waals surface area contributed by atoms with Crippen molar-refractivity contribution < 1.29 is 18.4 Å². The summed E-state index contributed by atoms with van der Waals surface area (Å²) in [5, 5.41) is 6.95. The summed E-state index contributed by atoms with van der Waals surface area (Å²) in [4.78, 5) is 25.2. The van der Waals surface area contributed by atoms with Gasteiger partial charge in [0.25, 0.3) is 11.8 Å². The summed E-state index contributed by atoms with van der Waals surface area (Å²) in [6.45, 7) is 0. The predicted molar refractivity (Wildman–Crippen MR) is 113 cm³/mol. The van der Waals surface area contributed by atoms with Crippen LogP contribution in [0.15, 0.2) is 84.9 Å². The fraction of sp³-hybridized carbons (Fsp3) is 0. The largest absolute Gasteiger partial charge is 0.322 e. The molecule has 0 unspecified atom stereocenters. The highest BCUT2D eigenvalue weighted by Gasteiger charge is 2.20. The van der Waals surface area contributed by atoms with Crippen molar-refractivity contribution in [2.75, 3.05) is 10.6 Å². The summed E-state index contributed by atoms with van der Waals surface area (Å²) in [5.41, 5.74) is 0.310. The molecule has 0 saturated carbocycles. The van der Waals surface area contributed by atoms with Crippen LogP contribution in [0, 0.1) is 11.6 Å². The molecule has 2 amide bonds.